The molecule has 0 aliphatic carbocycles. The third-order valence-electron chi connectivity index (χ3n) is 2.44. The standard InChI is InChI=1S/C15H19NO4S/c1-11(13(17)18)16(14(19)20-15(2,3)4)9-5-7-12-8-6-10-21-12/h6,8,10-11H,9H2,1-4H3,(H,17,18). The summed E-state index contributed by atoms with van der Waals surface area (Å²) in [7, 11) is 0. The van der Waals surface area contributed by atoms with Crippen LogP contribution in [0.3, 0.4) is 0 Å². The third-order valence-corrected chi connectivity index (χ3v) is 3.22. The second-order valence-electron chi connectivity index (χ2n) is 5.40. The van der Waals surface area contributed by atoms with Crippen molar-refractivity contribution in [2.24, 2.45) is 0 Å². The van der Waals surface area contributed by atoms with Crippen molar-refractivity contribution in [1.29, 1.82) is 0 Å². The number of ether oxygens (including phenoxy) is 1. The van der Waals surface area contributed by atoms with Crippen molar-refractivity contribution in [2.75, 3.05) is 6.54 Å². The first-order valence-electron chi connectivity index (χ1n) is 6.45. The molecule has 0 fully saturated rings. The van der Waals surface area contributed by atoms with Gasteiger partial charge in [0.2, 0.25) is 0 Å². The SMILES string of the molecule is CC(C(=O)O)N(CC#Cc1cccs1)C(=O)OC(C)(C)C. The molecule has 1 atom stereocenters. The summed E-state index contributed by atoms with van der Waals surface area (Å²) < 4.78 is 5.22. The zero-order valence-electron chi connectivity index (χ0n) is 12.5. The Balaban J connectivity index is 2.82. The van der Waals surface area contributed by atoms with Crippen molar-refractivity contribution < 1.29 is 19.4 Å². The molecule has 1 N–H and O–H groups in total. The minimum absolute atomic E-state index is 0.000278. The van der Waals surface area contributed by atoms with E-state index in [4.69, 9.17) is 9.84 Å². The Hall–Kier alpha value is -2.00. The predicted octanol–water partition coefficient (Wildman–Crippen LogP) is 2.81. The van der Waals surface area contributed by atoms with Crippen LogP contribution in [-0.4, -0.2) is 40.3 Å². The lowest BCUT2D eigenvalue weighted by atomic mass is 10.2. The fourth-order valence-electron chi connectivity index (χ4n) is 1.37. The summed E-state index contributed by atoms with van der Waals surface area (Å²) in [5.74, 6) is 4.61. The van der Waals surface area contributed by atoms with E-state index >= 15 is 0 Å². The Morgan fingerprint density at radius 1 is 1.48 bits per heavy atom. The number of amides is 1. The Kier molecular flexibility index (Phi) is 5.79. The minimum atomic E-state index is -1.10. The molecular formula is C15H19NO4S. The van der Waals surface area contributed by atoms with Crippen LogP contribution < -0.4 is 0 Å². The van der Waals surface area contributed by atoms with Gasteiger partial charge < -0.3 is 9.84 Å². The van der Waals surface area contributed by atoms with Gasteiger partial charge in [0.15, 0.2) is 0 Å². The van der Waals surface area contributed by atoms with E-state index in [9.17, 15) is 9.59 Å². The quantitative estimate of drug-likeness (QED) is 0.872. The molecule has 0 bridgehead atoms. The molecule has 0 saturated heterocycles. The van der Waals surface area contributed by atoms with Gasteiger partial charge in [0.25, 0.3) is 0 Å². The van der Waals surface area contributed by atoms with Gasteiger partial charge in [-0.2, -0.15) is 0 Å². The van der Waals surface area contributed by atoms with Crippen LogP contribution in [0.15, 0.2) is 17.5 Å². The smallest absolute Gasteiger partial charge is 0.411 e. The van der Waals surface area contributed by atoms with E-state index in [-0.39, 0.29) is 6.54 Å². The Labute approximate surface area is 128 Å². The van der Waals surface area contributed by atoms with Crippen LogP contribution in [0, 0.1) is 11.8 Å². The fourth-order valence-corrected chi connectivity index (χ4v) is 1.97. The van der Waals surface area contributed by atoms with Crippen molar-refractivity contribution in [1.82, 2.24) is 4.90 Å². The van der Waals surface area contributed by atoms with Crippen LogP contribution in [0.1, 0.15) is 32.6 Å². The highest BCUT2D eigenvalue weighted by Crippen LogP contribution is 2.12. The van der Waals surface area contributed by atoms with Gasteiger partial charge in [-0.05, 0) is 39.1 Å². The van der Waals surface area contributed by atoms with Gasteiger partial charge in [0.05, 0.1) is 11.4 Å². The first-order chi connectivity index (χ1) is 9.70. The number of carboxylic acid groups (broad SMARTS) is 1. The zero-order chi connectivity index (χ0) is 16.0. The molecule has 6 heteroatoms. The maximum atomic E-state index is 12.1. The van der Waals surface area contributed by atoms with Crippen molar-refractivity contribution in [3.05, 3.63) is 22.4 Å². The summed E-state index contributed by atoms with van der Waals surface area (Å²) in [6.07, 6.45) is -0.683. The van der Waals surface area contributed by atoms with Crippen LogP contribution in [0.4, 0.5) is 4.79 Å². The van der Waals surface area contributed by atoms with Gasteiger partial charge in [0, 0.05) is 0 Å². The predicted molar refractivity (Wildman–Crippen MR) is 81.2 cm³/mol. The number of hydrogen-bond donors (Lipinski definition) is 1. The van der Waals surface area contributed by atoms with E-state index < -0.39 is 23.7 Å². The van der Waals surface area contributed by atoms with E-state index in [0.29, 0.717) is 0 Å². The molecule has 1 rings (SSSR count). The molecule has 1 amide bonds. The molecule has 0 aliphatic rings. The molecule has 1 heterocycles. The van der Waals surface area contributed by atoms with Crippen molar-refractivity contribution in [2.45, 2.75) is 39.3 Å². The molecule has 1 aromatic rings. The lowest BCUT2D eigenvalue weighted by Crippen LogP contribution is -2.45. The number of carbonyl (C=O) groups is 2. The van der Waals surface area contributed by atoms with Gasteiger partial charge in [-0.25, -0.2) is 9.59 Å². The molecule has 0 spiro atoms. The van der Waals surface area contributed by atoms with E-state index in [1.54, 1.807) is 20.8 Å². The highest BCUT2D eigenvalue weighted by Gasteiger charge is 2.29. The van der Waals surface area contributed by atoms with Gasteiger partial charge >= 0.3 is 12.1 Å². The van der Waals surface area contributed by atoms with Crippen molar-refractivity contribution in [3.8, 4) is 11.8 Å². The van der Waals surface area contributed by atoms with Gasteiger partial charge in [-0.15, -0.1) is 11.3 Å². The second kappa shape index (κ2) is 7.14. The number of aliphatic carboxylic acids is 1. The average molecular weight is 309 g/mol. The molecule has 0 saturated carbocycles. The second-order valence-corrected chi connectivity index (χ2v) is 6.35. The highest BCUT2D eigenvalue weighted by molar-refractivity contribution is 7.10. The summed E-state index contributed by atoms with van der Waals surface area (Å²) in [5, 5.41) is 11.0. The van der Waals surface area contributed by atoms with Crippen molar-refractivity contribution in [3.63, 3.8) is 0 Å². The number of nitrogens with zero attached hydrogens (tertiary/aromatic N) is 1. The highest BCUT2D eigenvalue weighted by atomic mass is 32.1. The normalized spacial score (nSPS) is 12.0. The number of rotatable bonds is 3. The summed E-state index contributed by atoms with van der Waals surface area (Å²) in [6.45, 7) is 6.61. The topological polar surface area (TPSA) is 66.8 Å². The van der Waals surface area contributed by atoms with Gasteiger partial charge in [-0.1, -0.05) is 17.9 Å². The van der Waals surface area contributed by atoms with Crippen LogP contribution in [0.2, 0.25) is 0 Å². The summed E-state index contributed by atoms with van der Waals surface area (Å²) in [4.78, 5) is 25.1. The maximum absolute atomic E-state index is 12.1. The first-order valence-corrected chi connectivity index (χ1v) is 7.33. The van der Waals surface area contributed by atoms with Crippen molar-refractivity contribution >= 4 is 23.4 Å². The van der Waals surface area contributed by atoms with Gasteiger partial charge in [-0.3, -0.25) is 4.90 Å². The van der Waals surface area contributed by atoms with Crippen LogP contribution >= 0.6 is 11.3 Å². The van der Waals surface area contributed by atoms with E-state index in [1.807, 2.05) is 17.5 Å². The first kappa shape index (κ1) is 17.1. The molecule has 5 nitrogen and oxygen atoms in total. The number of thiophene rings is 1. The van der Waals surface area contributed by atoms with Crippen LogP contribution in [0.25, 0.3) is 0 Å². The molecule has 1 unspecified atom stereocenters. The Morgan fingerprint density at radius 2 is 2.14 bits per heavy atom. The molecule has 1 aromatic heterocycles. The van der Waals surface area contributed by atoms with Gasteiger partial charge in [0.1, 0.15) is 11.6 Å². The zero-order valence-corrected chi connectivity index (χ0v) is 13.4. The van der Waals surface area contributed by atoms with E-state index in [1.165, 1.54) is 18.3 Å². The number of hydrogen-bond acceptors (Lipinski definition) is 4. The molecular weight excluding hydrogens is 290 g/mol. The largest absolute Gasteiger partial charge is 0.480 e. The summed E-state index contributed by atoms with van der Waals surface area (Å²) in [6, 6.07) is 2.73. The third kappa shape index (κ3) is 5.88. The Bertz CT molecular complexity index is 548. The Morgan fingerprint density at radius 3 is 2.62 bits per heavy atom. The van der Waals surface area contributed by atoms with E-state index in [2.05, 4.69) is 11.8 Å². The maximum Gasteiger partial charge on any atom is 0.411 e. The minimum Gasteiger partial charge on any atom is -0.480 e. The average Bonchev–Trinajstić information content (AvgIpc) is 2.84. The lowest BCUT2D eigenvalue weighted by Gasteiger charge is -2.28. The number of carboxylic acids is 1. The monoisotopic (exact) mass is 309 g/mol. The molecule has 21 heavy (non-hydrogen) atoms. The molecule has 0 radical (unpaired) electrons. The van der Waals surface area contributed by atoms with Crippen LogP contribution in [-0.2, 0) is 9.53 Å². The number of carbonyl (C=O) groups excluding carboxylic acids is 1. The lowest BCUT2D eigenvalue weighted by molar-refractivity contribution is -0.142. The summed E-state index contributed by atoms with van der Waals surface area (Å²) in [5.41, 5.74) is -0.686. The summed E-state index contributed by atoms with van der Waals surface area (Å²) >= 11 is 1.48. The molecule has 0 aliphatic heterocycles. The van der Waals surface area contributed by atoms with E-state index in [0.717, 1.165) is 9.78 Å². The van der Waals surface area contributed by atoms with Crippen LogP contribution in [0.5, 0.6) is 0 Å². The fraction of sp³-hybridized carbons (Fsp3) is 0.467. The molecule has 0 aromatic carbocycles. The molecule has 114 valence electrons.